The highest BCUT2D eigenvalue weighted by molar-refractivity contribution is 6.22. The van der Waals surface area contributed by atoms with Crippen LogP contribution in [0.5, 0.6) is 0 Å². The number of anilines is 2. The van der Waals surface area contributed by atoms with Gasteiger partial charge in [0.2, 0.25) is 5.82 Å². The predicted octanol–water partition coefficient (Wildman–Crippen LogP) is 2.65. The summed E-state index contributed by atoms with van der Waals surface area (Å²) in [7, 11) is 1.59. The molecule has 148 valence electrons. The number of aliphatic imine (C=N–C) groups is 1. The molecule has 0 amide bonds. The molecule has 11 heteroatoms. The Balaban J connectivity index is 1.60. The van der Waals surface area contributed by atoms with Crippen molar-refractivity contribution in [3.8, 4) is 6.19 Å². The normalized spacial score (nSPS) is 22.4. The van der Waals surface area contributed by atoms with Crippen LogP contribution in [0.15, 0.2) is 45.8 Å². The summed E-state index contributed by atoms with van der Waals surface area (Å²) in [5.41, 5.74) is 0.448. The molecule has 0 saturated heterocycles. The highest BCUT2D eigenvalue weighted by Gasteiger charge is 2.48. The van der Waals surface area contributed by atoms with E-state index in [-0.39, 0.29) is 12.2 Å². The van der Waals surface area contributed by atoms with E-state index in [9.17, 15) is 5.26 Å². The van der Waals surface area contributed by atoms with Gasteiger partial charge in [0.15, 0.2) is 23.8 Å². The van der Waals surface area contributed by atoms with E-state index in [1.807, 2.05) is 48.0 Å². The Bertz CT molecular complexity index is 1070. The van der Waals surface area contributed by atoms with Crippen molar-refractivity contribution in [1.29, 1.82) is 5.26 Å². The molecule has 0 saturated carbocycles. The van der Waals surface area contributed by atoms with Gasteiger partial charge < -0.3 is 9.26 Å². The summed E-state index contributed by atoms with van der Waals surface area (Å²) >= 11 is 6.57. The van der Waals surface area contributed by atoms with Gasteiger partial charge in [-0.2, -0.15) is 15.3 Å². The lowest BCUT2D eigenvalue weighted by atomic mass is 10.1. The second-order valence-electron chi connectivity index (χ2n) is 7.18. The highest BCUT2D eigenvalue weighted by Crippen LogP contribution is 2.48. The summed E-state index contributed by atoms with van der Waals surface area (Å²) in [6, 6.07) is 8.05. The number of nitrogens with zero attached hydrogens (tertiary/aromatic N) is 8. The first-order valence-electron chi connectivity index (χ1n) is 8.89. The molecule has 10 nitrogen and oxygen atoms in total. The van der Waals surface area contributed by atoms with Crippen molar-refractivity contribution in [2.45, 2.75) is 31.2 Å². The van der Waals surface area contributed by atoms with Gasteiger partial charge in [-0.05, 0) is 19.9 Å². The van der Waals surface area contributed by atoms with Gasteiger partial charge in [0, 0.05) is 12.7 Å². The molecule has 4 heterocycles. The summed E-state index contributed by atoms with van der Waals surface area (Å²) in [6.07, 6.45) is 5.06. The molecular weight excluding hydrogens is 396 g/mol. The van der Waals surface area contributed by atoms with E-state index in [0.717, 1.165) is 11.3 Å². The summed E-state index contributed by atoms with van der Waals surface area (Å²) in [4.78, 5) is 12.4. The Kier molecular flexibility index (Phi) is 3.74. The fraction of sp³-hybridized carbons (Fsp3) is 0.333. The van der Waals surface area contributed by atoms with Gasteiger partial charge in [-0.1, -0.05) is 35.0 Å². The first-order valence-corrected chi connectivity index (χ1v) is 9.33. The fourth-order valence-electron chi connectivity index (χ4n) is 3.49. The molecule has 0 bridgehead atoms. The Morgan fingerprint density at radius 3 is 2.86 bits per heavy atom. The lowest BCUT2D eigenvalue weighted by molar-refractivity contribution is 0.00973. The van der Waals surface area contributed by atoms with E-state index in [2.05, 4.69) is 21.3 Å². The number of ether oxygens (including phenoxy) is 1. The van der Waals surface area contributed by atoms with E-state index in [1.54, 1.807) is 24.7 Å². The van der Waals surface area contributed by atoms with Crippen LogP contribution >= 0.6 is 11.6 Å². The second kappa shape index (κ2) is 6.10. The zero-order valence-electron chi connectivity index (χ0n) is 15.9. The molecule has 2 atom stereocenters. The molecule has 3 aliphatic rings. The maximum atomic E-state index is 9.48. The Hall–Kier alpha value is -3.29. The second-order valence-corrected chi connectivity index (χ2v) is 7.57. The monoisotopic (exact) mass is 412 g/mol. The van der Waals surface area contributed by atoms with Crippen LogP contribution in [0.4, 0.5) is 11.7 Å². The minimum atomic E-state index is -0.704. The number of halogens is 1. The number of alkyl halides is 1. The quantitative estimate of drug-likeness (QED) is 0.428. The summed E-state index contributed by atoms with van der Waals surface area (Å²) < 4.78 is 10.9. The molecule has 1 aromatic carbocycles. The van der Waals surface area contributed by atoms with Gasteiger partial charge in [-0.15, -0.1) is 0 Å². The Morgan fingerprint density at radius 2 is 2.10 bits per heavy atom. The lowest BCUT2D eigenvalue weighted by Crippen LogP contribution is -2.48. The molecule has 0 aliphatic carbocycles. The van der Waals surface area contributed by atoms with Crippen molar-refractivity contribution in [3.63, 3.8) is 0 Å². The fourth-order valence-corrected chi connectivity index (χ4v) is 3.79. The van der Waals surface area contributed by atoms with Crippen molar-refractivity contribution in [3.05, 3.63) is 47.7 Å². The molecular formula is C18H17ClN8O2. The number of hydrogen-bond donors (Lipinski definition) is 0. The largest absolute Gasteiger partial charge is 0.371 e. The number of hydrogen-bond acceptors (Lipinski definition) is 10. The van der Waals surface area contributed by atoms with Crippen LogP contribution in [-0.2, 0) is 10.3 Å². The highest BCUT2D eigenvalue weighted by atomic mass is 35.5. The topological polar surface area (TPSA) is 97.3 Å². The van der Waals surface area contributed by atoms with Crippen LogP contribution in [0.3, 0.4) is 0 Å². The van der Waals surface area contributed by atoms with E-state index >= 15 is 0 Å². The van der Waals surface area contributed by atoms with Crippen LogP contribution in [0.1, 0.15) is 31.4 Å². The molecule has 3 aliphatic heterocycles. The average Bonchev–Trinajstić information content (AvgIpc) is 3.44. The number of para-hydroxylation sites is 1. The molecule has 1 aromatic heterocycles. The number of aromatic nitrogens is 2. The smallest absolute Gasteiger partial charge is 0.348 e. The molecule has 2 unspecified atom stereocenters. The third kappa shape index (κ3) is 2.41. The van der Waals surface area contributed by atoms with E-state index in [0.29, 0.717) is 11.6 Å². The molecule has 0 spiro atoms. The molecule has 0 N–H and O–H groups in total. The van der Waals surface area contributed by atoms with Gasteiger partial charge in [-0.3, -0.25) is 4.90 Å². The molecule has 5 rings (SSSR count). The number of methoxy groups -OCH3 is 1. The van der Waals surface area contributed by atoms with E-state index in [1.165, 1.54) is 4.90 Å². The minimum Gasteiger partial charge on any atom is -0.371 e. The first-order chi connectivity index (χ1) is 14.0. The lowest BCUT2D eigenvalue weighted by Gasteiger charge is -2.42. The third-order valence-electron chi connectivity index (χ3n) is 5.21. The van der Waals surface area contributed by atoms with Crippen molar-refractivity contribution < 1.29 is 9.26 Å². The summed E-state index contributed by atoms with van der Waals surface area (Å²) in [5, 5.41) is 17.1. The van der Waals surface area contributed by atoms with Crippen LogP contribution in [0.2, 0.25) is 0 Å². The maximum absolute atomic E-state index is 9.48. The van der Waals surface area contributed by atoms with Crippen LogP contribution in [-0.4, -0.2) is 39.1 Å². The van der Waals surface area contributed by atoms with Crippen molar-refractivity contribution >= 4 is 29.6 Å². The zero-order chi connectivity index (χ0) is 20.3. The molecule has 29 heavy (non-hydrogen) atoms. The van der Waals surface area contributed by atoms with Crippen molar-refractivity contribution in [1.82, 2.24) is 20.0 Å². The number of rotatable bonds is 3. The number of nitriles is 1. The van der Waals surface area contributed by atoms with Gasteiger partial charge >= 0.3 is 6.01 Å². The van der Waals surface area contributed by atoms with E-state index < -0.39 is 11.2 Å². The van der Waals surface area contributed by atoms with Crippen LogP contribution in [0.25, 0.3) is 0 Å². The predicted molar refractivity (Wildman–Crippen MR) is 104 cm³/mol. The van der Waals surface area contributed by atoms with E-state index in [4.69, 9.17) is 20.9 Å². The minimum absolute atomic E-state index is 0.234. The summed E-state index contributed by atoms with van der Waals surface area (Å²) in [5.74, 6) is 1.09. The number of hydrazine groups is 1. The molecule has 2 aromatic rings. The Labute approximate surface area is 171 Å². The summed E-state index contributed by atoms with van der Waals surface area (Å²) in [6.45, 7) is 3.70. The van der Waals surface area contributed by atoms with Gasteiger partial charge in [0.1, 0.15) is 11.9 Å². The van der Waals surface area contributed by atoms with Crippen LogP contribution in [0, 0.1) is 11.5 Å². The average molecular weight is 413 g/mol. The van der Waals surface area contributed by atoms with Gasteiger partial charge in [-0.25, -0.2) is 14.9 Å². The van der Waals surface area contributed by atoms with Gasteiger partial charge in [0.05, 0.1) is 11.9 Å². The van der Waals surface area contributed by atoms with Crippen molar-refractivity contribution in [2.24, 2.45) is 4.99 Å². The third-order valence-corrected chi connectivity index (χ3v) is 5.62. The van der Waals surface area contributed by atoms with Crippen molar-refractivity contribution in [2.75, 3.05) is 17.0 Å². The number of benzene rings is 1. The maximum Gasteiger partial charge on any atom is 0.348 e. The number of fused-ring (bicyclic) bond motifs is 6. The SMILES string of the molecule is COC(C)(C)c1noc(N2C=NC3c4ccccc4N4C(=CN(C#N)C4Cl)N32)n1. The van der Waals surface area contributed by atoms with Crippen LogP contribution < -0.4 is 9.91 Å². The Morgan fingerprint density at radius 1 is 1.31 bits per heavy atom. The van der Waals surface area contributed by atoms with Gasteiger partial charge in [0.25, 0.3) is 0 Å². The zero-order valence-corrected chi connectivity index (χ0v) is 16.6. The molecule has 0 fully saturated rings. The standard InChI is InChI=1S/C18H17ClN8O2/c1-18(2,28-3)15-22-17(29-23-15)25-10-21-14-11-6-4-5-7-12(11)26-13(27(14)25)8-24(9-20)16(26)19/h4-8,10,14,16H,1-3H3. The molecule has 0 radical (unpaired) electrons. The first kappa shape index (κ1) is 17.8.